The van der Waals surface area contributed by atoms with E-state index in [1.165, 1.54) is 30.3 Å². The average molecular weight is 534 g/mol. The maximum atomic E-state index is 14.5. The lowest BCUT2D eigenvalue weighted by Gasteiger charge is -2.30. The van der Waals surface area contributed by atoms with Gasteiger partial charge in [0, 0.05) is 10.0 Å². The van der Waals surface area contributed by atoms with E-state index in [0.29, 0.717) is 4.57 Å². The molecule has 2 aromatic carbocycles. The first kappa shape index (κ1) is 23.9. The number of alkyl halides is 3. The highest BCUT2D eigenvalue weighted by molar-refractivity contribution is 6.36. The quantitative estimate of drug-likeness (QED) is 0.477. The Hall–Kier alpha value is -3.28. The number of H-pyrrole nitrogens is 1. The third-order valence-corrected chi connectivity index (χ3v) is 5.85. The summed E-state index contributed by atoms with van der Waals surface area (Å²) in [6, 6.07) is 8.64. The molecule has 0 bridgehead atoms. The number of hydrogen-bond acceptors (Lipinski definition) is 4. The van der Waals surface area contributed by atoms with E-state index in [9.17, 15) is 32.3 Å². The molecule has 0 fully saturated rings. The molecular weight excluding hydrogens is 524 g/mol. The van der Waals surface area contributed by atoms with Crippen molar-refractivity contribution in [2.24, 2.45) is 0 Å². The summed E-state index contributed by atoms with van der Waals surface area (Å²) in [4.78, 5) is 52.5. The van der Waals surface area contributed by atoms with E-state index >= 15 is 0 Å². The molecule has 14 heteroatoms. The third-order valence-electron chi connectivity index (χ3n) is 5.05. The Morgan fingerprint density at radius 2 is 1.59 bits per heavy atom. The van der Waals surface area contributed by atoms with Gasteiger partial charge in [0.2, 0.25) is 0 Å². The number of carbonyl (C=O) groups excluding carboxylic acids is 2. The first-order chi connectivity index (χ1) is 15.9. The van der Waals surface area contributed by atoms with Crippen molar-refractivity contribution in [1.82, 2.24) is 14.9 Å². The molecule has 0 radical (unpaired) electrons. The number of amides is 2. The third kappa shape index (κ3) is 3.65. The number of halogens is 6. The van der Waals surface area contributed by atoms with Crippen LogP contribution in [0.3, 0.4) is 0 Å². The predicted octanol–water partition coefficient (Wildman–Crippen LogP) is 3.63. The molecule has 2 heterocycles. The van der Waals surface area contributed by atoms with E-state index in [4.69, 9.17) is 34.8 Å². The van der Waals surface area contributed by atoms with Gasteiger partial charge in [-0.05, 0) is 42.5 Å². The second-order valence-corrected chi connectivity index (χ2v) is 8.35. The molecule has 3 aromatic rings. The summed E-state index contributed by atoms with van der Waals surface area (Å²) in [5.74, 6) is -3.97. The summed E-state index contributed by atoms with van der Waals surface area (Å²) in [6.45, 7) is 0. The van der Waals surface area contributed by atoms with Crippen molar-refractivity contribution in [3.63, 3.8) is 0 Å². The maximum Gasteiger partial charge on any atom is 0.425 e. The Balaban J connectivity index is 1.97. The normalized spacial score (nSPS) is 17.3. The number of aromatic nitrogens is 2. The molecular formula is C20H10Cl3F3N4O4. The maximum absolute atomic E-state index is 14.5. The molecule has 1 aliphatic heterocycles. The van der Waals surface area contributed by atoms with Gasteiger partial charge in [-0.15, -0.1) is 0 Å². The molecule has 0 spiro atoms. The van der Waals surface area contributed by atoms with Gasteiger partial charge in [0.15, 0.2) is 0 Å². The fraction of sp³-hybridized carbons (Fsp3) is 0.100. The van der Waals surface area contributed by atoms with E-state index in [1.54, 1.807) is 10.3 Å². The number of nitrogens with one attached hydrogen (secondary N) is 3. The number of fused-ring (bicyclic) bond motifs is 1. The number of carbonyl (C=O) groups is 2. The summed E-state index contributed by atoms with van der Waals surface area (Å²) >= 11 is 17.5. The van der Waals surface area contributed by atoms with Crippen LogP contribution in [0.15, 0.2) is 52.1 Å². The minimum absolute atomic E-state index is 0.00718. The van der Waals surface area contributed by atoms with Gasteiger partial charge >= 0.3 is 11.9 Å². The number of hydrogen-bond donors (Lipinski definition) is 3. The molecule has 4 rings (SSSR count). The predicted molar refractivity (Wildman–Crippen MR) is 118 cm³/mol. The highest BCUT2D eigenvalue weighted by Crippen LogP contribution is 2.45. The molecule has 1 atom stereocenters. The van der Waals surface area contributed by atoms with Crippen molar-refractivity contribution in [2.75, 3.05) is 5.32 Å². The summed E-state index contributed by atoms with van der Waals surface area (Å²) in [5, 5.41) is 3.61. The van der Waals surface area contributed by atoms with Gasteiger partial charge in [-0.25, -0.2) is 9.36 Å². The summed E-state index contributed by atoms with van der Waals surface area (Å²) in [6.07, 6.45) is -5.51. The first-order valence-electron chi connectivity index (χ1n) is 9.18. The lowest BCUT2D eigenvalue weighted by molar-refractivity contribution is -0.196. The fourth-order valence-electron chi connectivity index (χ4n) is 3.53. The zero-order valence-electron chi connectivity index (χ0n) is 16.4. The molecule has 1 aromatic heterocycles. The minimum atomic E-state index is -5.51. The molecule has 34 heavy (non-hydrogen) atoms. The van der Waals surface area contributed by atoms with Crippen LogP contribution >= 0.6 is 34.8 Å². The Bertz CT molecular complexity index is 1470. The van der Waals surface area contributed by atoms with E-state index in [2.05, 4.69) is 0 Å². The van der Waals surface area contributed by atoms with Gasteiger partial charge < -0.3 is 10.6 Å². The van der Waals surface area contributed by atoms with Gasteiger partial charge in [0.1, 0.15) is 11.4 Å². The highest BCUT2D eigenvalue weighted by Gasteiger charge is 2.68. The van der Waals surface area contributed by atoms with Crippen molar-refractivity contribution < 1.29 is 22.8 Å². The Morgan fingerprint density at radius 3 is 2.18 bits per heavy atom. The average Bonchev–Trinajstić information content (AvgIpc) is 3.02. The van der Waals surface area contributed by atoms with Gasteiger partial charge in [0.25, 0.3) is 22.9 Å². The molecule has 3 N–H and O–H groups in total. The molecule has 2 amide bonds. The Kier molecular flexibility index (Phi) is 5.75. The van der Waals surface area contributed by atoms with Crippen LogP contribution in [0.5, 0.6) is 0 Å². The fourth-order valence-corrected chi connectivity index (χ4v) is 4.15. The zero-order chi connectivity index (χ0) is 25.0. The molecule has 0 saturated heterocycles. The van der Waals surface area contributed by atoms with Crippen LogP contribution in [0.25, 0.3) is 5.69 Å². The van der Waals surface area contributed by atoms with Crippen molar-refractivity contribution in [3.05, 3.63) is 89.5 Å². The van der Waals surface area contributed by atoms with Crippen LogP contribution in [0, 0.1) is 0 Å². The van der Waals surface area contributed by atoms with Crippen molar-refractivity contribution in [1.29, 1.82) is 0 Å². The van der Waals surface area contributed by atoms with Gasteiger partial charge in [-0.1, -0.05) is 34.8 Å². The molecule has 8 nitrogen and oxygen atoms in total. The van der Waals surface area contributed by atoms with Gasteiger partial charge in [-0.2, -0.15) is 13.2 Å². The number of aromatic amines is 1. The number of rotatable bonds is 3. The topological polar surface area (TPSA) is 113 Å². The SMILES string of the molecule is O=C(NC1(C(F)(F)F)C(=O)Nc2c1c(=O)[nH]c(=O)n2-c1ccc(Cl)cc1)c1ccc(Cl)cc1Cl. The van der Waals surface area contributed by atoms with Crippen LogP contribution < -0.4 is 21.9 Å². The molecule has 176 valence electrons. The lowest BCUT2D eigenvalue weighted by atomic mass is 9.91. The Labute approximate surface area is 202 Å². The Morgan fingerprint density at radius 1 is 0.971 bits per heavy atom. The highest BCUT2D eigenvalue weighted by atomic mass is 35.5. The second-order valence-electron chi connectivity index (χ2n) is 7.07. The smallest absolute Gasteiger partial charge is 0.326 e. The van der Waals surface area contributed by atoms with Crippen LogP contribution in [0.2, 0.25) is 15.1 Å². The van der Waals surface area contributed by atoms with Crippen molar-refractivity contribution in [2.45, 2.75) is 11.7 Å². The monoisotopic (exact) mass is 532 g/mol. The number of nitrogens with zero attached hydrogens (tertiary/aromatic N) is 1. The zero-order valence-corrected chi connectivity index (χ0v) is 18.7. The van der Waals surface area contributed by atoms with Crippen LogP contribution in [-0.2, 0) is 10.3 Å². The molecule has 1 aliphatic rings. The van der Waals surface area contributed by atoms with Crippen LogP contribution in [-0.4, -0.2) is 27.5 Å². The van der Waals surface area contributed by atoms with Crippen molar-refractivity contribution in [3.8, 4) is 5.69 Å². The van der Waals surface area contributed by atoms with Gasteiger partial charge in [0.05, 0.1) is 16.3 Å². The number of benzene rings is 2. The van der Waals surface area contributed by atoms with E-state index < -0.39 is 51.7 Å². The van der Waals surface area contributed by atoms with Crippen LogP contribution in [0.4, 0.5) is 19.0 Å². The first-order valence-corrected chi connectivity index (χ1v) is 10.3. The number of anilines is 1. The van der Waals surface area contributed by atoms with Crippen LogP contribution in [0.1, 0.15) is 15.9 Å². The molecule has 0 aliphatic carbocycles. The van der Waals surface area contributed by atoms with Crippen molar-refractivity contribution >= 4 is 52.4 Å². The minimum Gasteiger partial charge on any atom is -0.326 e. The molecule has 1 unspecified atom stereocenters. The van der Waals surface area contributed by atoms with E-state index in [-0.39, 0.29) is 20.8 Å². The second kappa shape index (κ2) is 8.19. The largest absolute Gasteiger partial charge is 0.425 e. The van der Waals surface area contributed by atoms with E-state index in [0.717, 1.165) is 12.1 Å². The summed E-state index contributed by atoms with van der Waals surface area (Å²) in [7, 11) is 0. The lowest BCUT2D eigenvalue weighted by Crippen LogP contribution is -2.62. The van der Waals surface area contributed by atoms with E-state index in [1.807, 2.05) is 5.32 Å². The standard InChI is InChI=1S/C20H10Cl3F3N4O4/c21-8-1-4-10(5-2-8)30-14-13(16(32)28-18(30)34)19(17(33)27-14,20(24,25)26)29-15(31)11-6-3-9(22)7-12(11)23/h1-7H,(H,27,33)(H,29,31)(H,28,32,34). The molecule has 0 saturated carbocycles. The van der Waals surface area contributed by atoms with Gasteiger partial charge in [-0.3, -0.25) is 19.4 Å². The summed E-state index contributed by atoms with van der Waals surface area (Å²) < 4.78 is 44.1. The summed E-state index contributed by atoms with van der Waals surface area (Å²) in [5.41, 5.74) is -8.15.